The summed E-state index contributed by atoms with van der Waals surface area (Å²) >= 11 is 0. The van der Waals surface area contributed by atoms with Crippen molar-refractivity contribution < 1.29 is 14.0 Å². The number of carbonyl (C=O) groups is 2. The van der Waals surface area contributed by atoms with Crippen LogP contribution < -0.4 is 10.6 Å². The van der Waals surface area contributed by atoms with Crippen molar-refractivity contribution in [2.45, 2.75) is 13.5 Å². The van der Waals surface area contributed by atoms with Gasteiger partial charge in [0.15, 0.2) is 5.76 Å². The molecule has 0 aliphatic heterocycles. The largest absolute Gasteiger partial charge is 0.463 e. The molecule has 0 fully saturated rings. The van der Waals surface area contributed by atoms with Crippen LogP contribution in [0.2, 0.25) is 0 Å². The Balaban J connectivity index is 1.57. The highest BCUT2D eigenvalue weighted by molar-refractivity contribution is 5.95. The van der Waals surface area contributed by atoms with Gasteiger partial charge in [0, 0.05) is 24.7 Å². The Morgan fingerprint density at radius 2 is 1.77 bits per heavy atom. The number of rotatable bonds is 7. The van der Waals surface area contributed by atoms with Crippen molar-refractivity contribution in [1.29, 1.82) is 0 Å². The molecule has 0 atom stereocenters. The normalized spacial score (nSPS) is 10.6. The number of nitrogens with one attached hydrogen (secondary N) is 2. The Morgan fingerprint density at radius 3 is 2.52 bits per heavy atom. The van der Waals surface area contributed by atoms with Crippen molar-refractivity contribution in [3.8, 4) is 17.1 Å². The van der Waals surface area contributed by atoms with E-state index < -0.39 is 0 Å². The fourth-order valence-electron chi connectivity index (χ4n) is 3.21. The third kappa shape index (κ3) is 4.56. The lowest BCUT2D eigenvalue weighted by molar-refractivity contribution is 0.0941. The number of para-hydroxylation sites is 1. The van der Waals surface area contributed by atoms with Crippen LogP contribution in [-0.4, -0.2) is 28.1 Å². The zero-order chi connectivity index (χ0) is 21.6. The quantitative estimate of drug-likeness (QED) is 0.481. The molecule has 31 heavy (non-hydrogen) atoms. The summed E-state index contributed by atoms with van der Waals surface area (Å²) in [6.07, 6.45) is 1.57. The second kappa shape index (κ2) is 9.13. The second-order valence-corrected chi connectivity index (χ2v) is 6.88. The predicted octanol–water partition coefficient (Wildman–Crippen LogP) is 3.81. The lowest BCUT2D eigenvalue weighted by Gasteiger charge is -2.09. The Morgan fingerprint density at radius 1 is 0.935 bits per heavy atom. The van der Waals surface area contributed by atoms with Gasteiger partial charge in [-0.05, 0) is 48.9 Å². The summed E-state index contributed by atoms with van der Waals surface area (Å²) < 4.78 is 7.04. The number of aromatic nitrogens is 2. The van der Waals surface area contributed by atoms with Crippen LogP contribution in [0.3, 0.4) is 0 Å². The summed E-state index contributed by atoms with van der Waals surface area (Å²) in [6, 6.07) is 21.9. The molecule has 0 unspecified atom stereocenters. The van der Waals surface area contributed by atoms with Crippen LogP contribution >= 0.6 is 0 Å². The molecule has 0 aliphatic carbocycles. The molecular formula is C24H22N4O3. The Kier molecular flexibility index (Phi) is 5.93. The molecule has 7 nitrogen and oxygen atoms in total. The van der Waals surface area contributed by atoms with Gasteiger partial charge in [0.25, 0.3) is 11.8 Å². The molecule has 156 valence electrons. The van der Waals surface area contributed by atoms with E-state index in [0.29, 0.717) is 29.3 Å². The van der Waals surface area contributed by atoms with E-state index in [9.17, 15) is 9.59 Å². The molecule has 2 N–H and O–H groups in total. The average Bonchev–Trinajstić information content (AvgIpc) is 3.48. The van der Waals surface area contributed by atoms with Gasteiger partial charge < -0.3 is 15.1 Å². The minimum absolute atomic E-state index is 0.138. The second-order valence-electron chi connectivity index (χ2n) is 6.88. The van der Waals surface area contributed by atoms with Crippen molar-refractivity contribution in [3.05, 3.63) is 95.9 Å². The molecular weight excluding hydrogens is 392 g/mol. The fourth-order valence-corrected chi connectivity index (χ4v) is 3.21. The first-order valence-corrected chi connectivity index (χ1v) is 10.0. The fraction of sp³-hybridized carbons (Fsp3) is 0.125. The van der Waals surface area contributed by atoms with Crippen LogP contribution in [0.4, 0.5) is 0 Å². The number of furan rings is 1. The van der Waals surface area contributed by atoms with E-state index in [1.54, 1.807) is 47.3 Å². The van der Waals surface area contributed by atoms with Crippen molar-refractivity contribution in [2.75, 3.05) is 6.54 Å². The smallest absolute Gasteiger partial charge is 0.270 e. The van der Waals surface area contributed by atoms with Crippen LogP contribution in [0.15, 0.2) is 83.5 Å². The maximum absolute atomic E-state index is 13.0. The SMILES string of the molecule is CCNC(=O)c1cccc(CNC(=O)c2cc(-c3ccco3)nn2-c2ccccc2)c1. The lowest BCUT2D eigenvalue weighted by Crippen LogP contribution is -2.26. The van der Waals surface area contributed by atoms with Gasteiger partial charge in [0.1, 0.15) is 11.4 Å². The molecule has 2 aromatic heterocycles. The molecule has 2 aromatic carbocycles. The van der Waals surface area contributed by atoms with Crippen molar-refractivity contribution >= 4 is 11.8 Å². The van der Waals surface area contributed by atoms with Crippen LogP contribution in [-0.2, 0) is 6.54 Å². The first-order chi connectivity index (χ1) is 15.2. The molecule has 2 heterocycles. The summed E-state index contributed by atoms with van der Waals surface area (Å²) in [5.41, 5.74) is 3.11. The van der Waals surface area contributed by atoms with Gasteiger partial charge in [-0.1, -0.05) is 30.3 Å². The Labute approximate surface area is 179 Å². The molecule has 4 rings (SSSR count). The number of benzene rings is 2. The zero-order valence-electron chi connectivity index (χ0n) is 17.0. The van der Waals surface area contributed by atoms with Gasteiger partial charge in [-0.2, -0.15) is 5.10 Å². The van der Waals surface area contributed by atoms with E-state index in [-0.39, 0.29) is 18.4 Å². The molecule has 4 aromatic rings. The number of nitrogens with zero attached hydrogens (tertiary/aromatic N) is 2. The number of hydrogen-bond donors (Lipinski definition) is 2. The van der Waals surface area contributed by atoms with E-state index >= 15 is 0 Å². The maximum Gasteiger partial charge on any atom is 0.270 e. The summed E-state index contributed by atoms with van der Waals surface area (Å²) in [4.78, 5) is 25.1. The van der Waals surface area contributed by atoms with Gasteiger partial charge in [-0.3, -0.25) is 9.59 Å². The summed E-state index contributed by atoms with van der Waals surface area (Å²) in [7, 11) is 0. The van der Waals surface area contributed by atoms with Gasteiger partial charge >= 0.3 is 0 Å². The van der Waals surface area contributed by atoms with E-state index in [2.05, 4.69) is 15.7 Å². The lowest BCUT2D eigenvalue weighted by atomic mass is 10.1. The molecule has 0 saturated carbocycles. The first kappa shape index (κ1) is 20.2. The standard InChI is InChI=1S/C24H22N4O3/c1-2-25-23(29)18-9-6-8-17(14-18)16-26-24(30)21-15-20(22-12-7-13-31-22)27-28(21)19-10-4-3-5-11-19/h3-15H,2,16H2,1H3,(H,25,29)(H,26,30). The molecule has 0 aliphatic rings. The van der Waals surface area contributed by atoms with Crippen LogP contribution in [0, 0.1) is 0 Å². The minimum Gasteiger partial charge on any atom is -0.463 e. The molecule has 0 spiro atoms. The van der Waals surface area contributed by atoms with Crippen LogP contribution in [0.1, 0.15) is 33.3 Å². The molecule has 2 amide bonds. The summed E-state index contributed by atoms with van der Waals surface area (Å²) in [5, 5.41) is 10.3. The summed E-state index contributed by atoms with van der Waals surface area (Å²) in [5.74, 6) is 0.164. The Hall–Kier alpha value is -4.13. The monoisotopic (exact) mass is 414 g/mol. The van der Waals surface area contributed by atoms with E-state index in [1.165, 1.54) is 0 Å². The van der Waals surface area contributed by atoms with E-state index in [0.717, 1.165) is 11.3 Å². The molecule has 7 heteroatoms. The maximum atomic E-state index is 13.0. The predicted molar refractivity (Wildman–Crippen MR) is 117 cm³/mol. The average molecular weight is 414 g/mol. The van der Waals surface area contributed by atoms with E-state index in [4.69, 9.17) is 4.42 Å². The van der Waals surface area contributed by atoms with Crippen molar-refractivity contribution in [1.82, 2.24) is 20.4 Å². The Bertz CT molecular complexity index is 1180. The molecule has 0 radical (unpaired) electrons. The zero-order valence-corrected chi connectivity index (χ0v) is 17.0. The van der Waals surface area contributed by atoms with Gasteiger partial charge in [0.2, 0.25) is 0 Å². The first-order valence-electron chi connectivity index (χ1n) is 10.0. The van der Waals surface area contributed by atoms with Gasteiger partial charge in [0.05, 0.1) is 12.0 Å². The molecule has 0 saturated heterocycles. The topological polar surface area (TPSA) is 89.2 Å². The molecule has 0 bridgehead atoms. The van der Waals surface area contributed by atoms with Gasteiger partial charge in [-0.15, -0.1) is 0 Å². The van der Waals surface area contributed by atoms with Crippen molar-refractivity contribution in [3.63, 3.8) is 0 Å². The van der Waals surface area contributed by atoms with Crippen LogP contribution in [0.25, 0.3) is 17.1 Å². The summed E-state index contributed by atoms with van der Waals surface area (Å²) in [6.45, 7) is 2.71. The highest BCUT2D eigenvalue weighted by Gasteiger charge is 2.18. The third-order valence-corrected chi connectivity index (χ3v) is 4.70. The van der Waals surface area contributed by atoms with Crippen LogP contribution in [0.5, 0.6) is 0 Å². The number of hydrogen-bond acceptors (Lipinski definition) is 4. The third-order valence-electron chi connectivity index (χ3n) is 4.70. The van der Waals surface area contributed by atoms with E-state index in [1.807, 2.05) is 43.3 Å². The number of carbonyl (C=O) groups excluding carboxylic acids is 2. The minimum atomic E-state index is -0.280. The highest BCUT2D eigenvalue weighted by Crippen LogP contribution is 2.22. The van der Waals surface area contributed by atoms with Gasteiger partial charge in [-0.25, -0.2) is 4.68 Å². The van der Waals surface area contributed by atoms with Crippen molar-refractivity contribution in [2.24, 2.45) is 0 Å². The number of amides is 2. The highest BCUT2D eigenvalue weighted by atomic mass is 16.3.